The number of hydrogen-bond donors (Lipinski definition) is 1. The first-order valence-electron chi connectivity index (χ1n) is 3.79. The molecule has 1 N–H and O–H groups in total. The third kappa shape index (κ3) is 4.05. The normalized spacial score (nSPS) is 25.5. The van der Waals surface area contributed by atoms with Crippen LogP contribution in [-0.4, -0.2) is 6.54 Å². The molecule has 1 atom stereocenters. The van der Waals surface area contributed by atoms with E-state index in [0.717, 1.165) is 12.3 Å². The molecule has 1 aliphatic heterocycles. The molecule has 0 aromatic carbocycles. The fraction of sp³-hybridized carbons (Fsp3) is 0.750. The molecule has 0 aliphatic carbocycles. The molecule has 0 amide bonds. The third-order valence-electron chi connectivity index (χ3n) is 1.82. The van der Waals surface area contributed by atoms with E-state index in [0.29, 0.717) is 0 Å². The van der Waals surface area contributed by atoms with E-state index in [-0.39, 0.29) is 32.7 Å². The Labute approximate surface area is 89.2 Å². The molecule has 1 fully saturated rings. The van der Waals surface area contributed by atoms with Gasteiger partial charge in [-0.1, -0.05) is 6.42 Å². The molecule has 0 aromatic heterocycles. The molecule has 1 rings (SSSR count). The Bertz CT molecular complexity index is 66.9. The molecule has 1 nitrogen and oxygen atoms in total. The molecule has 2 heteroatoms. The number of piperidine rings is 1. The predicted octanol–water partition coefficient (Wildman–Crippen LogP) is 1.76. The molecule has 0 spiro atoms. The van der Waals surface area contributed by atoms with Crippen LogP contribution in [0.15, 0.2) is 0 Å². The zero-order valence-electron chi connectivity index (χ0n) is 6.47. The van der Waals surface area contributed by atoms with Gasteiger partial charge in [-0.2, -0.15) is 12.3 Å². The molecule has 10 heavy (non-hydrogen) atoms. The van der Waals surface area contributed by atoms with Crippen molar-refractivity contribution in [3.05, 3.63) is 13.5 Å². The van der Waals surface area contributed by atoms with Crippen LogP contribution in [-0.2, 0) is 32.7 Å². The van der Waals surface area contributed by atoms with Gasteiger partial charge in [-0.3, -0.25) is 6.54 Å². The van der Waals surface area contributed by atoms with E-state index in [4.69, 9.17) is 0 Å². The van der Waals surface area contributed by atoms with Gasteiger partial charge in [0, 0.05) is 32.7 Å². The monoisotopic (exact) mass is 214 g/mol. The smallest absolute Gasteiger partial charge is 0 e. The van der Waals surface area contributed by atoms with Crippen molar-refractivity contribution >= 4 is 0 Å². The summed E-state index contributed by atoms with van der Waals surface area (Å²) in [5, 5.41) is 3.27. The summed E-state index contributed by atoms with van der Waals surface area (Å²) in [6, 6.07) is 0. The molecule has 1 radical (unpaired) electrons. The van der Waals surface area contributed by atoms with Crippen LogP contribution in [0.3, 0.4) is 0 Å². The molecule has 1 saturated heterocycles. The Hall–Kier alpha value is 1.06. The Balaban J connectivity index is 0.000000810. The molecular weight excluding hydrogens is 199 g/mol. The minimum absolute atomic E-state index is 0. The second kappa shape index (κ2) is 6.75. The van der Waals surface area contributed by atoms with Crippen LogP contribution in [0.1, 0.15) is 25.7 Å². The van der Waals surface area contributed by atoms with Gasteiger partial charge in [0.2, 0.25) is 0 Å². The first-order chi connectivity index (χ1) is 4.43. The van der Waals surface area contributed by atoms with Crippen molar-refractivity contribution < 1.29 is 32.7 Å². The maximum atomic E-state index is 3.83. The van der Waals surface area contributed by atoms with Crippen molar-refractivity contribution in [3.8, 4) is 0 Å². The zero-order chi connectivity index (χ0) is 6.53. The average Bonchev–Trinajstić information content (AvgIpc) is 1.91. The maximum Gasteiger partial charge on any atom is 0 e. The summed E-state index contributed by atoms with van der Waals surface area (Å²) in [6.07, 6.45) is 5.03. The molecular formula is C8H15NY-2. The second-order valence-corrected chi connectivity index (χ2v) is 2.67. The number of nitrogens with one attached hydrogen (secondary N) is 1. The summed E-state index contributed by atoms with van der Waals surface area (Å²) in [6.45, 7) is 7.24. The van der Waals surface area contributed by atoms with E-state index in [1.54, 1.807) is 0 Å². The van der Waals surface area contributed by atoms with Gasteiger partial charge in [0.05, 0.1) is 0 Å². The van der Waals surface area contributed by atoms with Gasteiger partial charge in [-0.25, -0.2) is 0 Å². The fourth-order valence-electron chi connectivity index (χ4n) is 1.29. The SMILES string of the molecule is [CH2-]CCC1[CH-]NCCC1.[Y]. The number of hydrogen-bond acceptors (Lipinski definition) is 1. The van der Waals surface area contributed by atoms with Gasteiger partial charge in [0.25, 0.3) is 0 Å². The van der Waals surface area contributed by atoms with E-state index in [9.17, 15) is 0 Å². The Morgan fingerprint density at radius 1 is 1.60 bits per heavy atom. The maximum absolute atomic E-state index is 3.83. The topological polar surface area (TPSA) is 12.0 Å². The summed E-state index contributed by atoms with van der Waals surface area (Å²) in [4.78, 5) is 0. The molecule has 1 heterocycles. The first kappa shape index (κ1) is 11.1. The van der Waals surface area contributed by atoms with Crippen molar-refractivity contribution in [2.24, 2.45) is 5.92 Å². The van der Waals surface area contributed by atoms with Gasteiger partial charge in [0.1, 0.15) is 0 Å². The third-order valence-corrected chi connectivity index (χ3v) is 1.82. The van der Waals surface area contributed by atoms with Gasteiger partial charge in [0.15, 0.2) is 0 Å². The average molecular weight is 214 g/mol. The molecule has 1 unspecified atom stereocenters. The van der Waals surface area contributed by atoms with E-state index < -0.39 is 0 Å². The van der Waals surface area contributed by atoms with Crippen molar-refractivity contribution in [1.82, 2.24) is 5.32 Å². The van der Waals surface area contributed by atoms with Gasteiger partial charge in [-0.15, -0.1) is 6.42 Å². The Kier molecular flexibility index (Phi) is 7.47. The van der Waals surface area contributed by atoms with Crippen LogP contribution in [0.4, 0.5) is 0 Å². The van der Waals surface area contributed by atoms with Gasteiger partial charge < -0.3 is 12.2 Å². The standard InChI is InChI=1S/C8H15N.Y/c1-2-4-8-5-3-6-9-7-8;/h7-9H,1-6H2;/q-2;. The zero-order valence-corrected chi connectivity index (χ0v) is 9.31. The van der Waals surface area contributed by atoms with Crippen LogP contribution in [0, 0.1) is 19.4 Å². The Morgan fingerprint density at radius 3 is 2.90 bits per heavy atom. The first-order valence-corrected chi connectivity index (χ1v) is 3.79. The molecule has 0 saturated carbocycles. The summed E-state index contributed by atoms with van der Waals surface area (Å²) in [5.74, 6) is 0.802. The largest absolute Gasteiger partial charge is 0.470 e. The molecule has 0 bridgehead atoms. The fourth-order valence-corrected chi connectivity index (χ4v) is 1.29. The minimum Gasteiger partial charge on any atom is -0.470 e. The van der Waals surface area contributed by atoms with Crippen LogP contribution in [0.25, 0.3) is 0 Å². The van der Waals surface area contributed by atoms with E-state index in [1.807, 2.05) is 0 Å². The summed E-state index contributed by atoms with van der Waals surface area (Å²) < 4.78 is 0. The summed E-state index contributed by atoms with van der Waals surface area (Å²) in [5.41, 5.74) is 0. The second-order valence-electron chi connectivity index (χ2n) is 2.67. The van der Waals surface area contributed by atoms with Crippen molar-refractivity contribution in [2.45, 2.75) is 25.7 Å². The Morgan fingerprint density at radius 2 is 2.40 bits per heavy atom. The quantitative estimate of drug-likeness (QED) is 0.690. The minimum atomic E-state index is 0. The van der Waals surface area contributed by atoms with Crippen molar-refractivity contribution in [1.29, 1.82) is 0 Å². The van der Waals surface area contributed by atoms with E-state index in [2.05, 4.69) is 18.8 Å². The van der Waals surface area contributed by atoms with E-state index in [1.165, 1.54) is 25.8 Å². The summed E-state index contributed by atoms with van der Waals surface area (Å²) in [7, 11) is 0. The summed E-state index contributed by atoms with van der Waals surface area (Å²) >= 11 is 0. The van der Waals surface area contributed by atoms with Gasteiger partial charge in [-0.05, 0) is 13.0 Å². The molecule has 57 valence electrons. The van der Waals surface area contributed by atoms with E-state index >= 15 is 0 Å². The predicted molar refractivity (Wildman–Crippen MR) is 39.6 cm³/mol. The van der Waals surface area contributed by atoms with Crippen LogP contribution in [0.5, 0.6) is 0 Å². The molecule has 1 aliphatic rings. The molecule has 0 aromatic rings. The van der Waals surface area contributed by atoms with Crippen molar-refractivity contribution in [3.63, 3.8) is 0 Å². The van der Waals surface area contributed by atoms with Crippen LogP contribution < -0.4 is 5.32 Å². The van der Waals surface area contributed by atoms with Gasteiger partial charge >= 0.3 is 0 Å². The van der Waals surface area contributed by atoms with Crippen LogP contribution in [0.2, 0.25) is 0 Å². The van der Waals surface area contributed by atoms with Crippen molar-refractivity contribution in [2.75, 3.05) is 6.54 Å². The number of rotatable bonds is 2. The van der Waals surface area contributed by atoms with Crippen LogP contribution >= 0.6 is 0 Å².